The molecule has 0 atom stereocenters. The van der Waals surface area contributed by atoms with Gasteiger partial charge in [0, 0.05) is 19.6 Å². The number of carboxylic acids is 1. The smallest absolute Gasteiger partial charge is 0.317 e. The monoisotopic (exact) mass is 338 g/mol. The Labute approximate surface area is 147 Å². The van der Waals surface area contributed by atoms with Gasteiger partial charge < -0.3 is 15.3 Å². The van der Waals surface area contributed by atoms with Crippen molar-refractivity contribution < 1.29 is 14.7 Å². The van der Waals surface area contributed by atoms with E-state index in [0.29, 0.717) is 32.5 Å². The van der Waals surface area contributed by atoms with Crippen molar-refractivity contribution in [3.05, 3.63) is 71.8 Å². The van der Waals surface area contributed by atoms with Crippen LogP contribution < -0.4 is 5.32 Å². The molecule has 5 nitrogen and oxygen atoms in total. The number of carbonyl (C=O) groups excluding carboxylic acids is 1. The Kier molecular flexibility index (Phi) is 5.03. The van der Waals surface area contributed by atoms with E-state index in [4.69, 9.17) is 0 Å². The number of hydrogen-bond donors (Lipinski definition) is 2. The van der Waals surface area contributed by atoms with Crippen molar-refractivity contribution in [3.63, 3.8) is 0 Å². The predicted molar refractivity (Wildman–Crippen MR) is 95.2 cm³/mol. The lowest BCUT2D eigenvalue weighted by Gasteiger charge is -2.39. The maximum absolute atomic E-state index is 12.4. The van der Waals surface area contributed by atoms with E-state index in [2.05, 4.69) is 5.32 Å². The number of rotatable bonds is 4. The highest BCUT2D eigenvalue weighted by Crippen LogP contribution is 2.35. The van der Waals surface area contributed by atoms with E-state index in [1.165, 1.54) is 0 Å². The standard InChI is InChI=1S/C20H22N2O3/c23-18(24)20(17-9-5-2-6-10-17)11-13-22(14-12-20)19(25)21-15-16-7-3-1-4-8-16/h1-10H,11-15H2,(H,21,25)(H,23,24). The molecule has 1 saturated heterocycles. The van der Waals surface area contributed by atoms with E-state index >= 15 is 0 Å². The van der Waals surface area contributed by atoms with Gasteiger partial charge in [-0.25, -0.2) is 4.79 Å². The number of benzene rings is 2. The SMILES string of the molecule is O=C(NCc1ccccc1)N1CCC(C(=O)O)(c2ccccc2)CC1. The number of nitrogens with one attached hydrogen (secondary N) is 1. The third kappa shape index (κ3) is 3.65. The summed E-state index contributed by atoms with van der Waals surface area (Å²) in [6.45, 7) is 1.34. The molecule has 1 aliphatic heterocycles. The minimum absolute atomic E-state index is 0.143. The summed E-state index contributed by atoms with van der Waals surface area (Å²) in [5, 5.41) is 12.7. The minimum Gasteiger partial charge on any atom is -0.481 e. The molecule has 0 unspecified atom stereocenters. The van der Waals surface area contributed by atoms with Gasteiger partial charge >= 0.3 is 12.0 Å². The molecule has 0 bridgehead atoms. The third-order valence-corrected chi connectivity index (χ3v) is 4.93. The number of piperidine rings is 1. The fourth-order valence-electron chi connectivity index (χ4n) is 3.36. The molecule has 2 amide bonds. The number of nitrogens with zero attached hydrogens (tertiary/aromatic N) is 1. The van der Waals surface area contributed by atoms with E-state index < -0.39 is 11.4 Å². The lowest BCUT2D eigenvalue weighted by molar-refractivity contribution is -0.145. The summed E-state index contributed by atoms with van der Waals surface area (Å²) in [4.78, 5) is 26.0. The summed E-state index contributed by atoms with van der Waals surface area (Å²) in [7, 11) is 0. The Balaban J connectivity index is 1.62. The Morgan fingerprint density at radius 2 is 1.52 bits per heavy atom. The van der Waals surface area contributed by atoms with Gasteiger partial charge in [-0.1, -0.05) is 60.7 Å². The van der Waals surface area contributed by atoms with Gasteiger partial charge in [0.05, 0.1) is 5.41 Å². The van der Waals surface area contributed by atoms with Gasteiger partial charge in [0.15, 0.2) is 0 Å². The largest absolute Gasteiger partial charge is 0.481 e. The summed E-state index contributed by atoms with van der Waals surface area (Å²) >= 11 is 0. The number of hydrogen-bond acceptors (Lipinski definition) is 2. The van der Waals surface area contributed by atoms with Crippen LogP contribution in [0.1, 0.15) is 24.0 Å². The summed E-state index contributed by atoms with van der Waals surface area (Å²) in [6, 6.07) is 18.9. The van der Waals surface area contributed by atoms with Crippen LogP contribution in [0, 0.1) is 0 Å². The first-order chi connectivity index (χ1) is 12.1. The van der Waals surface area contributed by atoms with Crippen LogP contribution in [0.25, 0.3) is 0 Å². The molecule has 2 aromatic carbocycles. The molecule has 1 fully saturated rings. The molecule has 0 aromatic heterocycles. The normalized spacial score (nSPS) is 16.2. The van der Waals surface area contributed by atoms with Crippen LogP contribution in [0.15, 0.2) is 60.7 Å². The Morgan fingerprint density at radius 1 is 0.960 bits per heavy atom. The first-order valence-corrected chi connectivity index (χ1v) is 8.47. The number of urea groups is 1. The molecule has 5 heteroatoms. The van der Waals surface area contributed by atoms with Gasteiger partial charge in [0.2, 0.25) is 0 Å². The number of carboxylic acid groups (broad SMARTS) is 1. The molecule has 2 N–H and O–H groups in total. The quantitative estimate of drug-likeness (QED) is 0.900. The molecule has 130 valence electrons. The number of likely N-dealkylation sites (tertiary alicyclic amines) is 1. The van der Waals surface area contributed by atoms with Crippen LogP contribution in [0.5, 0.6) is 0 Å². The summed E-state index contributed by atoms with van der Waals surface area (Å²) < 4.78 is 0. The summed E-state index contributed by atoms with van der Waals surface area (Å²) in [5.41, 5.74) is 0.946. The van der Waals surface area contributed by atoms with Gasteiger partial charge in [-0.3, -0.25) is 4.79 Å². The molecule has 3 rings (SSSR count). The van der Waals surface area contributed by atoms with Gasteiger partial charge in [0.25, 0.3) is 0 Å². The number of amides is 2. The lowest BCUT2D eigenvalue weighted by Crippen LogP contribution is -2.51. The number of carbonyl (C=O) groups is 2. The first kappa shape index (κ1) is 17.0. The zero-order valence-corrected chi connectivity index (χ0v) is 14.0. The zero-order valence-electron chi connectivity index (χ0n) is 14.0. The van der Waals surface area contributed by atoms with Gasteiger partial charge in [-0.05, 0) is 24.0 Å². The van der Waals surface area contributed by atoms with Gasteiger partial charge in [-0.2, -0.15) is 0 Å². The van der Waals surface area contributed by atoms with Crippen molar-refractivity contribution in [2.45, 2.75) is 24.8 Å². The molecule has 2 aromatic rings. The molecule has 0 radical (unpaired) electrons. The fraction of sp³-hybridized carbons (Fsp3) is 0.300. The molecular weight excluding hydrogens is 316 g/mol. The lowest BCUT2D eigenvalue weighted by atomic mass is 9.73. The van der Waals surface area contributed by atoms with Crippen molar-refractivity contribution >= 4 is 12.0 Å². The molecule has 1 heterocycles. The van der Waals surface area contributed by atoms with Crippen LogP contribution in [-0.4, -0.2) is 35.1 Å². The summed E-state index contributed by atoms with van der Waals surface area (Å²) in [6.07, 6.45) is 0.843. The zero-order chi connectivity index (χ0) is 17.7. The van der Waals surface area contributed by atoms with Crippen LogP contribution in [0.4, 0.5) is 4.79 Å². The van der Waals surface area contributed by atoms with Crippen molar-refractivity contribution in [2.24, 2.45) is 0 Å². The second kappa shape index (κ2) is 7.38. The topological polar surface area (TPSA) is 69.6 Å². The van der Waals surface area contributed by atoms with Gasteiger partial charge in [0.1, 0.15) is 0 Å². The average molecular weight is 338 g/mol. The van der Waals surface area contributed by atoms with Crippen LogP contribution >= 0.6 is 0 Å². The Morgan fingerprint density at radius 3 is 2.08 bits per heavy atom. The summed E-state index contributed by atoms with van der Waals surface area (Å²) in [5.74, 6) is -0.817. The molecule has 1 aliphatic rings. The highest BCUT2D eigenvalue weighted by atomic mass is 16.4. The molecule has 0 spiro atoms. The number of aliphatic carboxylic acids is 1. The molecular formula is C20H22N2O3. The van der Waals surface area contributed by atoms with Crippen molar-refractivity contribution in [1.82, 2.24) is 10.2 Å². The van der Waals surface area contributed by atoms with E-state index in [1.807, 2.05) is 60.7 Å². The van der Waals surface area contributed by atoms with Gasteiger partial charge in [-0.15, -0.1) is 0 Å². The molecule has 0 saturated carbocycles. The highest BCUT2D eigenvalue weighted by Gasteiger charge is 2.43. The highest BCUT2D eigenvalue weighted by molar-refractivity contribution is 5.82. The Bertz CT molecular complexity index is 723. The maximum Gasteiger partial charge on any atom is 0.317 e. The maximum atomic E-state index is 12.4. The predicted octanol–water partition coefficient (Wildman–Crippen LogP) is 3.01. The fourth-order valence-corrected chi connectivity index (χ4v) is 3.36. The average Bonchev–Trinajstić information content (AvgIpc) is 2.67. The van der Waals surface area contributed by atoms with Crippen molar-refractivity contribution in [3.8, 4) is 0 Å². The third-order valence-electron chi connectivity index (χ3n) is 4.93. The second-order valence-corrected chi connectivity index (χ2v) is 6.38. The van der Waals surface area contributed by atoms with Crippen molar-refractivity contribution in [1.29, 1.82) is 0 Å². The molecule has 0 aliphatic carbocycles. The molecule has 25 heavy (non-hydrogen) atoms. The minimum atomic E-state index is -0.905. The van der Waals surface area contributed by atoms with E-state index in [1.54, 1.807) is 4.90 Å². The van der Waals surface area contributed by atoms with Crippen LogP contribution in [0.2, 0.25) is 0 Å². The Hall–Kier alpha value is -2.82. The van der Waals surface area contributed by atoms with E-state index in [9.17, 15) is 14.7 Å². The van der Waals surface area contributed by atoms with Crippen LogP contribution in [-0.2, 0) is 16.8 Å². The van der Waals surface area contributed by atoms with Crippen LogP contribution in [0.3, 0.4) is 0 Å². The van der Waals surface area contributed by atoms with E-state index in [0.717, 1.165) is 11.1 Å². The first-order valence-electron chi connectivity index (χ1n) is 8.47. The van der Waals surface area contributed by atoms with Crippen molar-refractivity contribution in [2.75, 3.05) is 13.1 Å². The van der Waals surface area contributed by atoms with E-state index in [-0.39, 0.29) is 6.03 Å². The second-order valence-electron chi connectivity index (χ2n) is 6.38.